The summed E-state index contributed by atoms with van der Waals surface area (Å²) >= 11 is 0. The van der Waals surface area contributed by atoms with Crippen molar-refractivity contribution >= 4 is 17.7 Å². The molecule has 0 spiro atoms. The van der Waals surface area contributed by atoms with E-state index in [0.29, 0.717) is 25.2 Å². The quantitative estimate of drug-likeness (QED) is 0.621. The largest absolute Gasteiger partial charge is 0.480 e. The molecule has 1 amide bonds. The Hall–Kier alpha value is -2.45. The number of likely N-dealkylation sites (tertiary alicyclic amines) is 1. The molecule has 0 unspecified atom stereocenters. The van der Waals surface area contributed by atoms with Gasteiger partial charge in [0.1, 0.15) is 18.8 Å². The van der Waals surface area contributed by atoms with Crippen molar-refractivity contribution in [2.75, 3.05) is 6.54 Å². The van der Waals surface area contributed by atoms with E-state index < -0.39 is 16.9 Å². The van der Waals surface area contributed by atoms with E-state index in [0.717, 1.165) is 0 Å². The second-order valence-corrected chi connectivity index (χ2v) is 4.61. The van der Waals surface area contributed by atoms with Crippen LogP contribution in [-0.2, 0) is 16.1 Å². The molecule has 0 saturated carbocycles. The fourth-order valence-electron chi connectivity index (χ4n) is 2.30. The minimum atomic E-state index is -1.02. The normalized spacial score (nSPS) is 18.2. The Kier molecular flexibility index (Phi) is 3.68. The first-order valence-corrected chi connectivity index (χ1v) is 6.10. The highest BCUT2D eigenvalue weighted by molar-refractivity contribution is 5.84. The van der Waals surface area contributed by atoms with Gasteiger partial charge in [-0.1, -0.05) is 0 Å². The Morgan fingerprint density at radius 1 is 1.60 bits per heavy atom. The summed E-state index contributed by atoms with van der Waals surface area (Å²) in [5.74, 6) is -1.38. The van der Waals surface area contributed by atoms with Gasteiger partial charge in [0.25, 0.3) is 0 Å². The second-order valence-electron chi connectivity index (χ2n) is 4.61. The van der Waals surface area contributed by atoms with Crippen molar-refractivity contribution in [3.05, 3.63) is 22.1 Å². The van der Waals surface area contributed by atoms with Crippen molar-refractivity contribution in [1.82, 2.24) is 14.5 Å². The molecule has 1 saturated heterocycles. The predicted octanol–water partition coefficient (Wildman–Crippen LogP) is 0.175. The monoisotopic (exact) mass is 282 g/mol. The summed E-state index contributed by atoms with van der Waals surface area (Å²) in [6.07, 6.45) is 2.26. The third-order valence-electron chi connectivity index (χ3n) is 3.31. The number of carboxylic acids is 1. The van der Waals surface area contributed by atoms with Gasteiger partial charge in [0, 0.05) is 13.5 Å². The van der Waals surface area contributed by atoms with Gasteiger partial charge in [-0.3, -0.25) is 9.36 Å². The van der Waals surface area contributed by atoms with Gasteiger partial charge in [-0.2, -0.15) is 0 Å². The summed E-state index contributed by atoms with van der Waals surface area (Å²) in [5, 5.41) is 19.6. The van der Waals surface area contributed by atoms with Crippen molar-refractivity contribution in [1.29, 1.82) is 0 Å². The SMILES string of the molecule is Cc1nc([N+](=O)[O-])cn1CC(=O)N1CCC[C@@H]1C(=O)O. The molecule has 1 fully saturated rings. The van der Waals surface area contributed by atoms with Crippen molar-refractivity contribution in [2.24, 2.45) is 0 Å². The molecule has 9 nitrogen and oxygen atoms in total. The topological polar surface area (TPSA) is 119 Å². The van der Waals surface area contributed by atoms with E-state index in [9.17, 15) is 19.7 Å². The average Bonchev–Trinajstić information content (AvgIpc) is 2.96. The summed E-state index contributed by atoms with van der Waals surface area (Å²) in [6, 6.07) is -0.804. The highest BCUT2D eigenvalue weighted by Gasteiger charge is 2.34. The maximum Gasteiger partial charge on any atom is 0.381 e. The Bertz CT molecular complexity index is 567. The summed E-state index contributed by atoms with van der Waals surface area (Å²) in [7, 11) is 0. The number of aromatic nitrogens is 2. The van der Waals surface area contributed by atoms with E-state index in [1.54, 1.807) is 6.92 Å². The molecule has 1 N–H and O–H groups in total. The van der Waals surface area contributed by atoms with E-state index in [1.165, 1.54) is 15.7 Å². The van der Waals surface area contributed by atoms with Gasteiger partial charge >= 0.3 is 11.8 Å². The van der Waals surface area contributed by atoms with E-state index in [4.69, 9.17) is 5.11 Å². The number of imidazole rings is 1. The van der Waals surface area contributed by atoms with Crippen LogP contribution in [0.1, 0.15) is 18.7 Å². The van der Waals surface area contributed by atoms with Gasteiger partial charge in [-0.25, -0.2) is 4.79 Å². The maximum atomic E-state index is 12.1. The van der Waals surface area contributed by atoms with E-state index in [-0.39, 0.29) is 18.3 Å². The number of carbonyl (C=O) groups excluding carboxylic acids is 1. The molecular formula is C11H14N4O5. The zero-order valence-electron chi connectivity index (χ0n) is 10.9. The number of rotatable bonds is 4. The number of aryl methyl sites for hydroxylation is 1. The maximum absolute atomic E-state index is 12.1. The number of carboxylic acid groups (broad SMARTS) is 1. The first-order valence-electron chi connectivity index (χ1n) is 6.10. The number of hydrogen-bond acceptors (Lipinski definition) is 5. The lowest BCUT2D eigenvalue weighted by Gasteiger charge is -2.21. The highest BCUT2D eigenvalue weighted by Crippen LogP contribution is 2.19. The van der Waals surface area contributed by atoms with Crippen molar-refractivity contribution in [3.63, 3.8) is 0 Å². The van der Waals surface area contributed by atoms with Crippen LogP contribution in [0.2, 0.25) is 0 Å². The molecule has 9 heteroatoms. The lowest BCUT2D eigenvalue weighted by Crippen LogP contribution is -2.42. The molecule has 1 aromatic rings. The van der Waals surface area contributed by atoms with Crippen LogP contribution in [0.5, 0.6) is 0 Å². The molecule has 2 heterocycles. The minimum absolute atomic E-state index is 0.142. The summed E-state index contributed by atoms with van der Waals surface area (Å²) in [4.78, 5) is 38.1. The first kappa shape index (κ1) is 14.0. The van der Waals surface area contributed by atoms with Gasteiger partial charge in [0.15, 0.2) is 0 Å². The molecule has 1 aliphatic rings. The van der Waals surface area contributed by atoms with Gasteiger partial charge in [-0.15, -0.1) is 0 Å². The fourth-order valence-corrected chi connectivity index (χ4v) is 2.30. The lowest BCUT2D eigenvalue weighted by atomic mass is 10.2. The predicted molar refractivity (Wildman–Crippen MR) is 66.0 cm³/mol. The third-order valence-corrected chi connectivity index (χ3v) is 3.31. The summed E-state index contributed by atoms with van der Waals surface area (Å²) < 4.78 is 1.36. The van der Waals surface area contributed by atoms with Gasteiger partial charge < -0.3 is 20.1 Å². The fraction of sp³-hybridized carbons (Fsp3) is 0.545. The van der Waals surface area contributed by atoms with Crippen LogP contribution in [0.15, 0.2) is 6.20 Å². The molecule has 0 aliphatic carbocycles. The number of amides is 1. The standard InChI is InChI=1S/C11H14N4O5/c1-7-12-9(15(19)20)5-13(7)6-10(16)14-4-2-3-8(14)11(17)18/h5,8H,2-4,6H2,1H3,(H,17,18)/t8-/m1/s1. The van der Waals surface area contributed by atoms with Crippen LogP contribution in [0.3, 0.4) is 0 Å². The van der Waals surface area contributed by atoms with Crippen molar-refractivity contribution < 1.29 is 19.6 Å². The van der Waals surface area contributed by atoms with E-state index >= 15 is 0 Å². The Labute approximate surface area is 114 Å². The second kappa shape index (κ2) is 5.27. The van der Waals surface area contributed by atoms with Gasteiger partial charge in [-0.05, 0) is 22.7 Å². The van der Waals surface area contributed by atoms with E-state index in [2.05, 4.69) is 4.98 Å². The van der Waals surface area contributed by atoms with Crippen LogP contribution < -0.4 is 0 Å². The van der Waals surface area contributed by atoms with Crippen molar-refractivity contribution in [2.45, 2.75) is 32.4 Å². The number of nitrogens with zero attached hydrogens (tertiary/aromatic N) is 4. The average molecular weight is 282 g/mol. The molecule has 0 aromatic carbocycles. The van der Waals surface area contributed by atoms with Crippen LogP contribution in [0.25, 0.3) is 0 Å². The van der Waals surface area contributed by atoms with Crippen molar-refractivity contribution in [3.8, 4) is 0 Å². The molecule has 2 rings (SSSR count). The zero-order valence-corrected chi connectivity index (χ0v) is 10.9. The summed E-state index contributed by atoms with van der Waals surface area (Å²) in [5.41, 5.74) is 0. The zero-order chi connectivity index (χ0) is 14.9. The van der Waals surface area contributed by atoms with Crippen LogP contribution in [-0.4, -0.2) is 48.9 Å². The first-order chi connectivity index (χ1) is 9.40. The molecule has 1 aliphatic heterocycles. The number of carbonyl (C=O) groups is 2. The van der Waals surface area contributed by atoms with Crippen LogP contribution in [0.4, 0.5) is 5.82 Å². The molecule has 1 aromatic heterocycles. The minimum Gasteiger partial charge on any atom is -0.480 e. The van der Waals surface area contributed by atoms with Crippen LogP contribution in [0, 0.1) is 17.0 Å². The molecular weight excluding hydrogens is 268 g/mol. The molecule has 0 radical (unpaired) electrons. The number of aliphatic carboxylic acids is 1. The summed E-state index contributed by atoms with van der Waals surface area (Å²) in [6.45, 7) is 1.81. The Morgan fingerprint density at radius 3 is 2.85 bits per heavy atom. The lowest BCUT2D eigenvalue weighted by molar-refractivity contribution is -0.389. The third kappa shape index (κ3) is 2.60. The Balaban J connectivity index is 2.11. The number of nitro groups is 1. The smallest absolute Gasteiger partial charge is 0.381 e. The highest BCUT2D eigenvalue weighted by atomic mass is 16.6. The van der Waals surface area contributed by atoms with E-state index in [1.807, 2.05) is 0 Å². The molecule has 0 bridgehead atoms. The number of hydrogen-bond donors (Lipinski definition) is 1. The molecule has 1 atom stereocenters. The van der Waals surface area contributed by atoms with Crippen LogP contribution >= 0.6 is 0 Å². The Morgan fingerprint density at radius 2 is 2.30 bits per heavy atom. The van der Waals surface area contributed by atoms with Gasteiger partial charge in [0.2, 0.25) is 11.7 Å². The van der Waals surface area contributed by atoms with Gasteiger partial charge in [0.05, 0.1) is 0 Å². The molecule has 20 heavy (non-hydrogen) atoms. The molecule has 108 valence electrons.